The van der Waals surface area contributed by atoms with Gasteiger partial charge in [0.25, 0.3) is 11.6 Å². The topological polar surface area (TPSA) is 113 Å². The highest BCUT2D eigenvalue weighted by Gasteiger charge is 2.13. The minimum Gasteiger partial charge on any atom is -0.272 e. The summed E-state index contributed by atoms with van der Waals surface area (Å²) in [5.74, 6) is -0.495. The van der Waals surface area contributed by atoms with Gasteiger partial charge in [0.2, 0.25) is 0 Å². The molecule has 9 heteroatoms. The van der Waals surface area contributed by atoms with E-state index in [1.54, 1.807) is 43.3 Å². The average molecular weight is 384 g/mol. The molecule has 0 atom stereocenters. The number of aromatic nitrogens is 2. The fourth-order valence-electron chi connectivity index (χ4n) is 2.35. The Morgan fingerprint density at radius 2 is 2.00 bits per heavy atom. The molecule has 0 radical (unpaired) electrons. The lowest BCUT2D eigenvalue weighted by Crippen LogP contribution is -2.19. The summed E-state index contributed by atoms with van der Waals surface area (Å²) >= 11 is 6.13. The summed E-state index contributed by atoms with van der Waals surface area (Å²) in [7, 11) is 0. The van der Waals surface area contributed by atoms with E-state index >= 15 is 0 Å². The molecule has 0 unspecified atom stereocenters. The highest BCUT2D eigenvalue weighted by Crippen LogP contribution is 2.26. The summed E-state index contributed by atoms with van der Waals surface area (Å²) in [6, 6.07) is 14.7. The zero-order chi connectivity index (χ0) is 19.4. The molecule has 2 N–H and O–H groups in total. The van der Waals surface area contributed by atoms with Gasteiger partial charge in [-0.15, -0.1) is 0 Å². The summed E-state index contributed by atoms with van der Waals surface area (Å²) in [5.41, 5.74) is 4.75. The van der Waals surface area contributed by atoms with Gasteiger partial charge in [-0.05, 0) is 19.1 Å². The van der Waals surface area contributed by atoms with Crippen molar-refractivity contribution >= 4 is 28.9 Å². The summed E-state index contributed by atoms with van der Waals surface area (Å²) in [6.07, 6.45) is 0. The number of benzene rings is 2. The van der Waals surface area contributed by atoms with E-state index in [9.17, 15) is 14.9 Å². The van der Waals surface area contributed by atoms with Crippen molar-refractivity contribution in [3.05, 3.63) is 81.0 Å². The molecular formula is C18H14ClN5O3. The van der Waals surface area contributed by atoms with Crippen LogP contribution in [0.4, 0.5) is 5.69 Å². The molecule has 0 bridgehead atoms. The minimum absolute atomic E-state index is 0.0497. The van der Waals surface area contributed by atoms with Crippen molar-refractivity contribution in [2.75, 3.05) is 0 Å². The predicted octanol–water partition coefficient (Wildman–Crippen LogP) is 3.79. The Balaban J connectivity index is 1.74. The van der Waals surface area contributed by atoms with E-state index in [0.717, 1.165) is 0 Å². The lowest BCUT2D eigenvalue weighted by atomic mass is 10.1. The quantitative estimate of drug-likeness (QED) is 0.396. The first-order valence-electron chi connectivity index (χ1n) is 7.85. The smallest absolute Gasteiger partial charge is 0.272 e. The van der Waals surface area contributed by atoms with Crippen LogP contribution < -0.4 is 5.43 Å². The molecule has 0 saturated carbocycles. The summed E-state index contributed by atoms with van der Waals surface area (Å²) in [6.45, 7) is 1.64. The number of H-pyrrole nitrogens is 1. The maximum atomic E-state index is 12.3. The number of hydrogen-bond acceptors (Lipinski definition) is 5. The Kier molecular flexibility index (Phi) is 5.28. The zero-order valence-corrected chi connectivity index (χ0v) is 14.9. The van der Waals surface area contributed by atoms with Gasteiger partial charge in [0.1, 0.15) is 5.69 Å². The molecule has 0 spiro atoms. The monoisotopic (exact) mass is 383 g/mol. The molecule has 0 aliphatic carbocycles. The van der Waals surface area contributed by atoms with E-state index in [0.29, 0.717) is 27.6 Å². The Labute approximate surface area is 159 Å². The van der Waals surface area contributed by atoms with E-state index in [1.807, 2.05) is 6.07 Å². The fraction of sp³-hybridized carbons (Fsp3) is 0.0556. The number of hydrogen-bond donors (Lipinski definition) is 2. The lowest BCUT2D eigenvalue weighted by Gasteiger charge is -2.02. The number of halogens is 1. The van der Waals surface area contributed by atoms with Crippen LogP contribution in [0.3, 0.4) is 0 Å². The van der Waals surface area contributed by atoms with Gasteiger partial charge in [0, 0.05) is 23.3 Å². The number of nitrogens with zero attached hydrogens (tertiary/aromatic N) is 3. The summed E-state index contributed by atoms with van der Waals surface area (Å²) < 4.78 is 0. The fourth-order valence-corrected chi connectivity index (χ4v) is 2.58. The number of non-ortho nitro benzene ring substituents is 1. The first kappa shape index (κ1) is 18.3. The molecule has 0 fully saturated rings. The number of amides is 1. The summed E-state index contributed by atoms with van der Waals surface area (Å²) in [5, 5.41) is 22.1. The molecule has 3 rings (SSSR count). The van der Waals surface area contributed by atoms with Crippen LogP contribution in [-0.2, 0) is 0 Å². The molecule has 136 valence electrons. The molecule has 3 aromatic rings. The van der Waals surface area contributed by atoms with Crippen molar-refractivity contribution in [1.82, 2.24) is 15.6 Å². The van der Waals surface area contributed by atoms with Gasteiger partial charge in [-0.3, -0.25) is 20.0 Å². The van der Waals surface area contributed by atoms with E-state index in [-0.39, 0.29) is 11.4 Å². The third-order valence-corrected chi connectivity index (χ3v) is 4.10. The van der Waals surface area contributed by atoms with Crippen LogP contribution in [0.25, 0.3) is 11.3 Å². The van der Waals surface area contributed by atoms with Gasteiger partial charge >= 0.3 is 0 Å². The number of rotatable bonds is 5. The Morgan fingerprint density at radius 1 is 1.22 bits per heavy atom. The van der Waals surface area contributed by atoms with E-state index in [2.05, 4.69) is 20.7 Å². The minimum atomic E-state index is -0.495. The second-order valence-electron chi connectivity index (χ2n) is 5.59. The van der Waals surface area contributed by atoms with Crippen LogP contribution in [0.15, 0.2) is 59.7 Å². The average Bonchev–Trinajstić information content (AvgIpc) is 3.16. The van der Waals surface area contributed by atoms with E-state index in [4.69, 9.17) is 11.6 Å². The summed E-state index contributed by atoms with van der Waals surface area (Å²) in [4.78, 5) is 22.6. The van der Waals surface area contributed by atoms with Crippen molar-refractivity contribution in [1.29, 1.82) is 0 Å². The van der Waals surface area contributed by atoms with Crippen molar-refractivity contribution in [3.8, 4) is 11.3 Å². The first-order valence-corrected chi connectivity index (χ1v) is 8.23. The van der Waals surface area contributed by atoms with Gasteiger partial charge in [-0.25, -0.2) is 5.43 Å². The number of carbonyl (C=O) groups is 1. The molecule has 0 aliphatic heterocycles. The normalized spacial score (nSPS) is 11.3. The van der Waals surface area contributed by atoms with Gasteiger partial charge in [-0.2, -0.15) is 10.2 Å². The molecule has 1 heterocycles. The van der Waals surface area contributed by atoms with Gasteiger partial charge in [0.15, 0.2) is 0 Å². The number of aromatic amines is 1. The van der Waals surface area contributed by atoms with Crippen LogP contribution in [-0.4, -0.2) is 26.7 Å². The number of nitro benzene ring substituents is 1. The zero-order valence-electron chi connectivity index (χ0n) is 14.1. The van der Waals surface area contributed by atoms with Crippen molar-refractivity contribution in [3.63, 3.8) is 0 Å². The number of nitrogens with one attached hydrogen (secondary N) is 2. The van der Waals surface area contributed by atoms with Crippen LogP contribution in [0.2, 0.25) is 5.02 Å². The molecule has 27 heavy (non-hydrogen) atoms. The van der Waals surface area contributed by atoms with Gasteiger partial charge in [0.05, 0.1) is 21.4 Å². The first-order chi connectivity index (χ1) is 13.0. The Bertz CT molecular complexity index is 1040. The molecule has 0 saturated heterocycles. The van der Waals surface area contributed by atoms with Crippen molar-refractivity contribution in [2.24, 2.45) is 5.10 Å². The van der Waals surface area contributed by atoms with E-state index in [1.165, 1.54) is 12.1 Å². The predicted molar refractivity (Wildman–Crippen MR) is 102 cm³/mol. The van der Waals surface area contributed by atoms with E-state index < -0.39 is 10.8 Å². The molecule has 8 nitrogen and oxygen atoms in total. The highest BCUT2D eigenvalue weighted by atomic mass is 35.5. The lowest BCUT2D eigenvalue weighted by molar-refractivity contribution is -0.384. The largest absolute Gasteiger partial charge is 0.289 e. The number of carbonyl (C=O) groups excluding carboxylic acids is 1. The van der Waals surface area contributed by atoms with Crippen LogP contribution in [0, 0.1) is 10.1 Å². The SMILES string of the molecule is C/C(=N/NC(=O)c1cc(-c2ccccc2Cl)n[nH]1)c1cccc([N+](=O)[O-])c1. The highest BCUT2D eigenvalue weighted by molar-refractivity contribution is 6.33. The number of nitro groups is 1. The standard InChI is InChI=1S/C18H14ClN5O3/c1-11(12-5-4-6-13(9-12)24(26)27)20-23-18(25)17-10-16(21-22-17)14-7-2-3-8-15(14)19/h2-10H,1H3,(H,21,22)(H,23,25)/b20-11-. The number of hydrazone groups is 1. The van der Waals surface area contributed by atoms with Crippen LogP contribution >= 0.6 is 11.6 Å². The Morgan fingerprint density at radius 3 is 2.74 bits per heavy atom. The molecule has 2 aromatic carbocycles. The maximum Gasteiger partial charge on any atom is 0.289 e. The van der Waals surface area contributed by atoms with Gasteiger partial charge < -0.3 is 0 Å². The third-order valence-electron chi connectivity index (χ3n) is 3.77. The van der Waals surface area contributed by atoms with Crippen molar-refractivity contribution in [2.45, 2.75) is 6.92 Å². The second-order valence-corrected chi connectivity index (χ2v) is 6.00. The Hall–Kier alpha value is -3.52. The van der Waals surface area contributed by atoms with Crippen LogP contribution in [0.5, 0.6) is 0 Å². The molecular weight excluding hydrogens is 370 g/mol. The molecule has 1 amide bonds. The van der Waals surface area contributed by atoms with Gasteiger partial charge in [-0.1, -0.05) is 41.9 Å². The van der Waals surface area contributed by atoms with Crippen molar-refractivity contribution < 1.29 is 9.72 Å². The maximum absolute atomic E-state index is 12.3. The third kappa shape index (κ3) is 4.18. The van der Waals surface area contributed by atoms with Crippen LogP contribution in [0.1, 0.15) is 23.0 Å². The second kappa shape index (κ2) is 7.79. The molecule has 1 aromatic heterocycles. The molecule has 0 aliphatic rings.